The van der Waals surface area contributed by atoms with Gasteiger partial charge in [0.05, 0.1) is 28.5 Å². The molecule has 6 rings (SSSR count). The average Bonchev–Trinajstić information content (AvgIpc) is 3.43. The molecule has 0 aliphatic carbocycles. The first-order chi connectivity index (χ1) is 15.2. The summed E-state index contributed by atoms with van der Waals surface area (Å²) < 4.78 is 0. The highest BCUT2D eigenvalue weighted by Gasteiger charge is 2.22. The van der Waals surface area contributed by atoms with E-state index in [1.165, 1.54) is 35.2 Å². The summed E-state index contributed by atoms with van der Waals surface area (Å²) in [6.45, 7) is 4.69. The first kappa shape index (κ1) is 18.5. The lowest BCUT2D eigenvalue weighted by molar-refractivity contribution is 0.438. The van der Waals surface area contributed by atoms with Crippen molar-refractivity contribution in [1.82, 2.24) is 4.98 Å². The number of nitrogens with zero attached hydrogens (tertiary/aromatic N) is 4. The number of benzene rings is 2. The molecule has 0 radical (unpaired) electrons. The van der Waals surface area contributed by atoms with Gasteiger partial charge in [-0.15, -0.1) is 0 Å². The van der Waals surface area contributed by atoms with Gasteiger partial charge in [-0.1, -0.05) is 19.1 Å². The third kappa shape index (κ3) is 3.46. The van der Waals surface area contributed by atoms with Crippen molar-refractivity contribution in [2.24, 2.45) is 15.9 Å². The molecule has 0 spiro atoms. The van der Waals surface area contributed by atoms with Crippen LogP contribution in [0.1, 0.15) is 42.1 Å². The minimum atomic E-state index is 0.831. The highest BCUT2D eigenvalue weighted by molar-refractivity contribution is 6.09. The predicted octanol–water partition coefficient (Wildman–Crippen LogP) is 5.67. The van der Waals surface area contributed by atoms with Crippen LogP contribution in [0.25, 0.3) is 0 Å². The van der Waals surface area contributed by atoms with Gasteiger partial charge in [0, 0.05) is 37.8 Å². The monoisotopic (exact) mass is 406 g/mol. The molecule has 3 aliphatic rings. The van der Waals surface area contributed by atoms with Gasteiger partial charge in [0.1, 0.15) is 0 Å². The fourth-order valence-electron chi connectivity index (χ4n) is 4.88. The summed E-state index contributed by atoms with van der Waals surface area (Å²) in [4.78, 5) is 16.8. The summed E-state index contributed by atoms with van der Waals surface area (Å²) >= 11 is 0. The topological polar surface area (TPSA) is 40.9 Å². The highest BCUT2D eigenvalue weighted by Crippen LogP contribution is 2.35. The van der Waals surface area contributed by atoms with Crippen LogP contribution in [0.4, 0.5) is 17.1 Å². The van der Waals surface area contributed by atoms with Gasteiger partial charge in [0.25, 0.3) is 0 Å². The van der Waals surface area contributed by atoms with Crippen LogP contribution in [0.3, 0.4) is 0 Å². The third-order valence-electron chi connectivity index (χ3n) is 6.81. The minimum absolute atomic E-state index is 0.831. The predicted molar refractivity (Wildman–Crippen MR) is 128 cm³/mol. The van der Waals surface area contributed by atoms with E-state index in [1.807, 2.05) is 24.4 Å². The normalized spacial score (nSPS) is 17.9. The second-order valence-electron chi connectivity index (χ2n) is 9.01. The van der Waals surface area contributed by atoms with Crippen molar-refractivity contribution in [2.75, 3.05) is 18.0 Å². The van der Waals surface area contributed by atoms with E-state index in [1.54, 1.807) is 0 Å². The SMILES string of the molecule is CC1CCN(c2ccc3c(c2)CC(c2ccc4c(c2)CC(c2ccccn2)=N4)=N3)CC1. The molecule has 0 unspecified atom stereocenters. The van der Waals surface area contributed by atoms with Crippen LogP contribution >= 0.6 is 0 Å². The third-order valence-corrected chi connectivity index (χ3v) is 6.81. The lowest BCUT2D eigenvalue weighted by Gasteiger charge is -2.32. The van der Waals surface area contributed by atoms with E-state index in [2.05, 4.69) is 53.2 Å². The van der Waals surface area contributed by atoms with Gasteiger partial charge in [-0.05, 0) is 77.9 Å². The number of hydrogen-bond acceptors (Lipinski definition) is 4. The number of fused-ring (bicyclic) bond motifs is 2. The maximum Gasteiger partial charge on any atom is 0.0848 e. The quantitative estimate of drug-likeness (QED) is 0.562. The van der Waals surface area contributed by atoms with Gasteiger partial charge >= 0.3 is 0 Å². The highest BCUT2D eigenvalue weighted by atomic mass is 15.1. The maximum absolute atomic E-state index is 4.97. The van der Waals surface area contributed by atoms with Crippen LogP contribution in [0, 0.1) is 5.92 Å². The largest absolute Gasteiger partial charge is 0.372 e. The number of piperidine rings is 1. The van der Waals surface area contributed by atoms with Crippen molar-refractivity contribution >= 4 is 28.5 Å². The Bertz CT molecular complexity index is 1200. The van der Waals surface area contributed by atoms with Crippen LogP contribution in [-0.4, -0.2) is 29.5 Å². The Hall–Kier alpha value is -3.27. The molecule has 4 nitrogen and oxygen atoms in total. The number of aliphatic imine (C=N–C) groups is 2. The van der Waals surface area contributed by atoms with E-state index in [9.17, 15) is 0 Å². The molecule has 0 atom stereocenters. The summed E-state index contributed by atoms with van der Waals surface area (Å²) in [5, 5.41) is 0. The van der Waals surface area contributed by atoms with Crippen molar-refractivity contribution in [3.8, 4) is 0 Å². The Kier molecular flexibility index (Phi) is 4.45. The smallest absolute Gasteiger partial charge is 0.0848 e. The number of aromatic nitrogens is 1. The Morgan fingerprint density at radius 2 is 1.55 bits per heavy atom. The molecule has 0 N–H and O–H groups in total. The molecule has 2 aromatic carbocycles. The molecular formula is C27H26N4. The molecule has 0 amide bonds. The van der Waals surface area contributed by atoms with Gasteiger partial charge in [-0.2, -0.15) is 0 Å². The van der Waals surface area contributed by atoms with Gasteiger partial charge in [0.2, 0.25) is 0 Å². The number of pyridine rings is 1. The first-order valence-electron chi connectivity index (χ1n) is 11.3. The van der Waals surface area contributed by atoms with Crippen molar-refractivity contribution in [1.29, 1.82) is 0 Å². The van der Waals surface area contributed by atoms with Crippen molar-refractivity contribution in [3.63, 3.8) is 0 Å². The van der Waals surface area contributed by atoms with Crippen molar-refractivity contribution < 1.29 is 0 Å². The molecule has 4 heterocycles. The Labute approximate surface area is 183 Å². The molecule has 1 fully saturated rings. The van der Waals surface area contributed by atoms with Gasteiger partial charge < -0.3 is 4.90 Å². The van der Waals surface area contributed by atoms with Crippen LogP contribution < -0.4 is 4.90 Å². The molecule has 1 aromatic heterocycles. The Balaban J connectivity index is 1.21. The molecule has 0 bridgehead atoms. The second kappa shape index (κ2) is 7.45. The molecular weight excluding hydrogens is 380 g/mol. The Morgan fingerprint density at radius 1 is 0.806 bits per heavy atom. The van der Waals surface area contributed by atoms with E-state index < -0.39 is 0 Å². The summed E-state index contributed by atoms with van der Waals surface area (Å²) in [7, 11) is 0. The molecule has 3 aromatic rings. The summed E-state index contributed by atoms with van der Waals surface area (Å²) in [5.74, 6) is 0.850. The zero-order chi connectivity index (χ0) is 20.8. The van der Waals surface area contributed by atoms with Crippen molar-refractivity contribution in [3.05, 3.63) is 83.2 Å². The fourth-order valence-corrected chi connectivity index (χ4v) is 4.88. The van der Waals surface area contributed by atoms with Crippen molar-refractivity contribution in [2.45, 2.75) is 32.6 Å². The number of hydrogen-bond donors (Lipinski definition) is 0. The molecule has 4 heteroatoms. The van der Waals surface area contributed by atoms with Crippen LogP contribution in [0.5, 0.6) is 0 Å². The van der Waals surface area contributed by atoms with E-state index in [0.29, 0.717) is 0 Å². The van der Waals surface area contributed by atoms with Crippen LogP contribution in [0.2, 0.25) is 0 Å². The number of rotatable bonds is 3. The van der Waals surface area contributed by atoms with Crippen LogP contribution in [-0.2, 0) is 12.8 Å². The first-order valence-corrected chi connectivity index (χ1v) is 11.3. The summed E-state index contributed by atoms with van der Waals surface area (Å²) in [5.41, 5.74) is 10.5. The van der Waals surface area contributed by atoms with E-state index >= 15 is 0 Å². The van der Waals surface area contributed by atoms with E-state index in [-0.39, 0.29) is 0 Å². The molecule has 31 heavy (non-hydrogen) atoms. The van der Waals surface area contributed by atoms with E-state index in [0.717, 1.165) is 60.3 Å². The summed E-state index contributed by atoms with van der Waals surface area (Å²) in [6, 6.07) is 19.4. The Morgan fingerprint density at radius 3 is 2.35 bits per heavy atom. The van der Waals surface area contributed by atoms with Crippen LogP contribution in [0.15, 0.2) is 70.8 Å². The fraction of sp³-hybridized carbons (Fsp3) is 0.296. The maximum atomic E-state index is 4.97. The second-order valence-corrected chi connectivity index (χ2v) is 9.01. The molecule has 3 aliphatic heterocycles. The zero-order valence-corrected chi connectivity index (χ0v) is 17.9. The lowest BCUT2D eigenvalue weighted by atomic mass is 9.97. The van der Waals surface area contributed by atoms with Gasteiger partial charge in [-0.3, -0.25) is 15.0 Å². The molecule has 0 saturated carbocycles. The standard InChI is InChI=1S/C27H26N4/c1-18-9-12-31(13-10-18)22-6-8-24-21(15-22)16-26(29-24)19-5-7-23-20(14-19)17-27(30-23)25-4-2-3-11-28-25/h2-8,11,14-15,18H,9-10,12-13,16-17H2,1H3. The zero-order valence-electron chi connectivity index (χ0n) is 17.9. The molecule has 1 saturated heterocycles. The lowest BCUT2D eigenvalue weighted by Crippen LogP contribution is -2.32. The molecule has 154 valence electrons. The summed E-state index contributed by atoms with van der Waals surface area (Å²) in [6.07, 6.45) is 6.14. The number of anilines is 1. The average molecular weight is 407 g/mol. The van der Waals surface area contributed by atoms with Gasteiger partial charge in [0.15, 0.2) is 0 Å². The minimum Gasteiger partial charge on any atom is -0.372 e. The van der Waals surface area contributed by atoms with E-state index in [4.69, 9.17) is 9.98 Å². The van der Waals surface area contributed by atoms with Gasteiger partial charge in [-0.25, -0.2) is 0 Å².